The van der Waals surface area contributed by atoms with Gasteiger partial charge in [-0.3, -0.25) is 0 Å². The fourth-order valence-corrected chi connectivity index (χ4v) is 3.69. The standard InChI is InChI=1S/C21H18BrN5/c22-17-8-9-20-19(10-17)16(11-25-26-21(23)24)13-27(20)12-15-6-3-5-14-4-1-2-7-18(14)15/h1-11,13H,12H2,(H4,23,24,26)/p+1/b25-11+. The van der Waals surface area contributed by atoms with Crippen LogP contribution in [0.4, 0.5) is 0 Å². The number of hydrogen-bond donors (Lipinski definition) is 3. The van der Waals surface area contributed by atoms with Crippen LogP contribution in [-0.4, -0.2) is 16.7 Å². The molecule has 0 bridgehead atoms. The van der Waals surface area contributed by atoms with E-state index in [0.717, 1.165) is 27.5 Å². The van der Waals surface area contributed by atoms with Gasteiger partial charge in [-0.2, -0.15) is 0 Å². The number of hydrogen-bond acceptors (Lipinski definition) is 1. The van der Waals surface area contributed by atoms with Crippen molar-refractivity contribution in [2.24, 2.45) is 16.6 Å². The number of nitrogens with one attached hydrogen (secondary N) is 1. The Bertz CT molecular complexity index is 1180. The lowest BCUT2D eigenvalue weighted by Gasteiger charge is -2.09. The van der Waals surface area contributed by atoms with Crippen molar-refractivity contribution in [1.82, 2.24) is 4.57 Å². The van der Waals surface area contributed by atoms with Gasteiger partial charge in [-0.1, -0.05) is 58.4 Å². The highest BCUT2D eigenvalue weighted by atomic mass is 79.9. The van der Waals surface area contributed by atoms with Crippen molar-refractivity contribution < 1.29 is 5.10 Å². The molecule has 0 unspecified atom stereocenters. The van der Waals surface area contributed by atoms with Crippen molar-refractivity contribution in [3.05, 3.63) is 82.5 Å². The summed E-state index contributed by atoms with van der Waals surface area (Å²) < 4.78 is 3.27. The quantitative estimate of drug-likeness (QED) is 0.269. The van der Waals surface area contributed by atoms with Gasteiger partial charge in [0.1, 0.15) is 0 Å². The second-order valence-electron chi connectivity index (χ2n) is 6.32. The van der Waals surface area contributed by atoms with Gasteiger partial charge in [-0.25, -0.2) is 0 Å². The first-order valence-corrected chi connectivity index (χ1v) is 9.33. The number of halogens is 1. The fraction of sp³-hybridized carbons (Fsp3) is 0.0476. The van der Waals surface area contributed by atoms with E-state index in [1.165, 1.54) is 16.3 Å². The molecule has 27 heavy (non-hydrogen) atoms. The Balaban J connectivity index is 1.82. The topological polar surface area (TPSA) is 83.3 Å². The van der Waals surface area contributed by atoms with Crippen LogP contribution in [0.15, 0.2) is 76.4 Å². The number of fused-ring (bicyclic) bond motifs is 2. The predicted octanol–water partition coefficient (Wildman–Crippen LogP) is 2.29. The Hall–Kier alpha value is -3.12. The smallest absolute Gasteiger partial charge is 0.256 e. The third-order valence-corrected chi connectivity index (χ3v) is 5.00. The maximum Gasteiger partial charge on any atom is 0.256 e. The summed E-state index contributed by atoms with van der Waals surface area (Å²) in [5, 5.41) is 10.3. The largest absolute Gasteiger partial charge is 0.365 e. The number of nitrogens with two attached hydrogens (primary N) is 2. The first-order valence-electron chi connectivity index (χ1n) is 8.54. The minimum atomic E-state index is -0.00748. The Kier molecular flexibility index (Phi) is 4.64. The second-order valence-corrected chi connectivity index (χ2v) is 7.24. The molecule has 0 saturated carbocycles. The second kappa shape index (κ2) is 7.25. The van der Waals surface area contributed by atoms with Crippen LogP contribution in [0.5, 0.6) is 0 Å². The van der Waals surface area contributed by atoms with E-state index in [2.05, 4.69) is 97.6 Å². The first-order chi connectivity index (χ1) is 13.1. The van der Waals surface area contributed by atoms with Crippen molar-refractivity contribution in [3.8, 4) is 0 Å². The summed E-state index contributed by atoms with van der Waals surface area (Å²) in [6.07, 6.45) is 3.90. The molecule has 0 aliphatic rings. The number of aromatic nitrogens is 1. The highest BCUT2D eigenvalue weighted by Crippen LogP contribution is 2.26. The van der Waals surface area contributed by atoms with Gasteiger partial charge in [-0.05, 0) is 34.5 Å². The van der Waals surface area contributed by atoms with Gasteiger partial charge in [0.15, 0.2) is 0 Å². The Morgan fingerprint density at radius 1 is 1.04 bits per heavy atom. The lowest BCUT2D eigenvalue weighted by molar-refractivity contribution is -0.456. The molecule has 0 atom stereocenters. The average molecular weight is 421 g/mol. The van der Waals surface area contributed by atoms with Crippen LogP contribution in [0, 0.1) is 0 Å². The minimum absolute atomic E-state index is 0.00748. The molecule has 4 rings (SSSR count). The van der Waals surface area contributed by atoms with Crippen LogP contribution < -0.4 is 16.6 Å². The van der Waals surface area contributed by atoms with E-state index in [1.54, 1.807) is 6.21 Å². The summed E-state index contributed by atoms with van der Waals surface area (Å²) in [7, 11) is 0. The SMILES string of the molecule is NC(N)=N/[NH+]=C/c1cn(Cc2cccc3ccccc23)c2ccc(Br)cc12. The molecule has 1 heterocycles. The predicted molar refractivity (Wildman–Crippen MR) is 115 cm³/mol. The zero-order valence-electron chi connectivity index (χ0n) is 14.6. The number of rotatable bonds is 4. The molecule has 6 heteroatoms. The highest BCUT2D eigenvalue weighted by molar-refractivity contribution is 9.10. The van der Waals surface area contributed by atoms with Crippen molar-refractivity contribution >= 4 is 49.8 Å². The lowest BCUT2D eigenvalue weighted by Crippen LogP contribution is -2.63. The molecular weight excluding hydrogens is 402 g/mol. The zero-order chi connectivity index (χ0) is 18.8. The molecule has 134 valence electrons. The van der Waals surface area contributed by atoms with E-state index >= 15 is 0 Å². The van der Waals surface area contributed by atoms with Crippen LogP contribution >= 0.6 is 15.9 Å². The number of nitrogens with zero attached hydrogens (tertiary/aromatic N) is 2. The molecule has 0 saturated heterocycles. The molecule has 0 aliphatic heterocycles. The summed E-state index contributed by atoms with van der Waals surface area (Å²) in [5.74, 6) is -0.00748. The Morgan fingerprint density at radius 2 is 1.85 bits per heavy atom. The third kappa shape index (κ3) is 3.57. The Labute approximate surface area is 165 Å². The molecule has 5 N–H and O–H groups in total. The van der Waals surface area contributed by atoms with Crippen molar-refractivity contribution in [3.63, 3.8) is 0 Å². The lowest BCUT2D eigenvalue weighted by atomic mass is 10.0. The number of benzene rings is 3. The van der Waals surface area contributed by atoms with Gasteiger partial charge in [0, 0.05) is 33.2 Å². The van der Waals surface area contributed by atoms with E-state index in [0.29, 0.717) is 0 Å². The van der Waals surface area contributed by atoms with Crippen molar-refractivity contribution in [2.45, 2.75) is 6.54 Å². The molecule has 0 amide bonds. The van der Waals surface area contributed by atoms with Crippen LogP contribution in [0.25, 0.3) is 21.7 Å². The van der Waals surface area contributed by atoms with Crippen LogP contribution in [0.2, 0.25) is 0 Å². The first kappa shape index (κ1) is 17.3. The van der Waals surface area contributed by atoms with Crippen molar-refractivity contribution in [2.75, 3.05) is 0 Å². The fourth-order valence-electron chi connectivity index (χ4n) is 3.33. The molecule has 0 aliphatic carbocycles. The molecule has 0 spiro atoms. The number of guanidine groups is 1. The minimum Gasteiger partial charge on any atom is -0.365 e. The molecule has 5 nitrogen and oxygen atoms in total. The molecule has 0 radical (unpaired) electrons. The summed E-state index contributed by atoms with van der Waals surface area (Å²) in [6, 6.07) is 21.1. The molecule has 4 aromatic rings. The van der Waals surface area contributed by atoms with E-state index in [-0.39, 0.29) is 5.96 Å². The molecule has 0 fully saturated rings. The van der Waals surface area contributed by atoms with Gasteiger partial charge in [0.2, 0.25) is 6.21 Å². The normalized spacial score (nSPS) is 11.4. The average Bonchev–Trinajstić information content (AvgIpc) is 2.98. The summed E-state index contributed by atoms with van der Waals surface area (Å²) >= 11 is 3.56. The van der Waals surface area contributed by atoms with Crippen molar-refractivity contribution in [1.29, 1.82) is 0 Å². The molecule has 3 aromatic carbocycles. The van der Waals surface area contributed by atoms with Crippen LogP contribution in [0.1, 0.15) is 11.1 Å². The van der Waals surface area contributed by atoms with E-state index < -0.39 is 0 Å². The highest BCUT2D eigenvalue weighted by Gasteiger charge is 2.11. The van der Waals surface area contributed by atoms with Gasteiger partial charge in [-0.15, -0.1) is 5.10 Å². The zero-order valence-corrected chi connectivity index (χ0v) is 16.1. The van der Waals surface area contributed by atoms with Gasteiger partial charge < -0.3 is 16.0 Å². The maximum absolute atomic E-state index is 5.39. The summed E-state index contributed by atoms with van der Waals surface area (Å²) in [6.45, 7) is 0.773. The summed E-state index contributed by atoms with van der Waals surface area (Å²) in [5.41, 5.74) is 14.2. The monoisotopic (exact) mass is 420 g/mol. The summed E-state index contributed by atoms with van der Waals surface area (Å²) in [4.78, 5) is 0. The van der Waals surface area contributed by atoms with Gasteiger partial charge in [0.25, 0.3) is 5.96 Å². The van der Waals surface area contributed by atoms with E-state index in [1.807, 2.05) is 0 Å². The third-order valence-electron chi connectivity index (χ3n) is 4.51. The maximum atomic E-state index is 5.39. The molecule has 1 aromatic heterocycles. The van der Waals surface area contributed by atoms with E-state index in [9.17, 15) is 0 Å². The van der Waals surface area contributed by atoms with Crippen LogP contribution in [-0.2, 0) is 6.54 Å². The van der Waals surface area contributed by atoms with Gasteiger partial charge >= 0.3 is 0 Å². The van der Waals surface area contributed by atoms with Crippen LogP contribution in [0.3, 0.4) is 0 Å². The molecular formula is C21H19BrN5+. The number of hydrazone groups is 1. The van der Waals surface area contributed by atoms with Gasteiger partial charge in [0.05, 0.1) is 5.56 Å². The van der Waals surface area contributed by atoms with E-state index in [4.69, 9.17) is 11.5 Å². The Morgan fingerprint density at radius 3 is 2.70 bits per heavy atom.